The number of halogens is 2. The summed E-state index contributed by atoms with van der Waals surface area (Å²) in [6, 6.07) is 20.2. The van der Waals surface area contributed by atoms with Crippen molar-refractivity contribution in [3.63, 3.8) is 0 Å². The molecule has 0 radical (unpaired) electrons. The van der Waals surface area contributed by atoms with E-state index in [0.717, 1.165) is 86.3 Å². The Labute approximate surface area is 381 Å². The van der Waals surface area contributed by atoms with Gasteiger partial charge in [-0.15, -0.1) is 0 Å². The standard InChI is InChI=1S/C47H51ClFN7O8S/c1-46(2)15-12-33(38(27-46)31-4-6-34(48)7-5-31)28-53-17-19-54(20-18-53)35-8-10-37(39(25-35)55-21-23-63-45-41(55)24-32-13-16-50-43(32)51-45)44(57)52-65(60,61)36-9-11-42(40(26-36)56(58)59)64-30-47(49)14-3-22-62-29-47/h4-11,13,16,24-26H,3,12,14-15,17-23,27-30H2,1-2H3,(H,50,51)(H,52,57). The number of amides is 1. The number of hydrogen-bond acceptors (Lipinski definition) is 12. The van der Waals surface area contributed by atoms with Gasteiger partial charge in [0.05, 0.1) is 34.2 Å². The fourth-order valence-corrected chi connectivity index (χ4v) is 10.3. The lowest BCUT2D eigenvalue weighted by molar-refractivity contribution is -0.386. The molecule has 5 heterocycles. The molecule has 342 valence electrons. The van der Waals surface area contributed by atoms with E-state index >= 15 is 4.39 Å². The molecule has 2 saturated heterocycles. The van der Waals surface area contributed by atoms with Gasteiger partial charge in [0, 0.05) is 67.7 Å². The zero-order valence-corrected chi connectivity index (χ0v) is 37.9. The number of aromatic nitrogens is 2. The molecule has 4 aliphatic rings. The van der Waals surface area contributed by atoms with Crippen LogP contribution in [0.2, 0.25) is 5.02 Å². The van der Waals surface area contributed by atoms with Gasteiger partial charge in [-0.05, 0) is 103 Å². The van der Waals surface area contributed by atoms with E-state index in [1.807, 2.05) is 41.3 Å². The number of rotatable bonds is 12. The number of anilines is 3. The van der Waals surface area contributed by atoms with E-state index < -0.39 is 43.7 Å². The Morgan fingerprint density at radius 3 is 2.55 bits per heavy atom. The first-order chi connectivity index (χ1) is 31.1. The number of nitrogens with zero attached hydrogens (tertiary/aromatic N) is 5. The average Bonchev–Trinajstić information content (AvgIpc) is 3.76. The monoisotopic (exact) mass is 927 g/mol. The number of allylic oxidation sites excluding steroid dienone is 1. The summed E-state index contributed by atoms with van der Waals surface area (Å²) < 4.78 is 61.8. The third kappa shape index (κ3) is 9.64. The molecule has 2 N–H and O–H groups in total. The number of sulfonamides is 1. The zero-order valence-electron chi connectivity index (χ0n) is 36.3. The second-order valence-corrected chi connectivity index (χ2v) is 20.2. The van der Waals surface area contributed by atoms with Crippen LogP contribution in [0.25, 0.3) is 16.6 Å². The third-order valence-corrected chi connectivity index (χ3v) is 14.4. The number of carbonyl (C=O) groups is 1. The maximum absolute atomic E-state index is 15.2. The normalized spacial score (nSPS) is 20.3. The van der Waals surface area contributed by atoms with E-state index in [0.29, 0.717) is 42.5 Å². The number of nitrogens with one attached hydrogen (secondary N) is 2. The molecule has 18 heteroatoms. The van der Waals surface area contributed by atoms with Crippen molar-refractivity contribution in [1.29, 1.82) is 0 Å². The molecule has 1 amide bonds. The van der Waals surface area contributed by atoms with Crippen LogP contribution in [-0.2, 0) is 14.8 Å². The summed E-state index contributed by atoms with van der Waals surface area (Å²) in [7, 11) is -4.68. The molecule has 1 aliphatic carbocycles. The summed E-state index contributed by atoms with van der Waals surface area (Å²) in [5, 5.41) is 13.7. The van der Waals surface area contributed by atoms with Crippen LogP contribution in [-0.4, -0.2) is 105 Å². The first-order valence-corrected chi connectivity index (χ1v) is 23.7. The number of ether oxygens (including phenoxy) is 3. The van der Waals surface area contributed by atoms with Gasteiger partial charge in [0.1, 0.15) is 24.5 Å². The van der Waals surface area contributed by atoms with E-state index in [1.54, 1.807) is 12.3 Å². The summed E-state index contributed by atoms with van der Waals surface area (Å²) in [6.45, 7) is 8.85. The minimum absolute atomic E-state index is 0.0530. The Bertz CT molecular complexity index is 2770. The quantitative estimate of drug-likeness (QED) is 0.0905. The first kappa shape index (κ1) is 44.5. The van der Waals surface area contributed by atoms with Gasteiger partial charge in [-0.25, -0.2) is 17.5 Å². The fraction of sp³-hybridized carbons (Fsp3) is 0.404. The minimum Gasteiger partial charge on any atom is -0.483 e. The fourth-order valence-electron chi connectivity index (χ4n) is 9.19. The lowest BCUT2D eigenvalue weighted by atomic mass is 9.72. The van der Waals surface area contributed by atoms with Crippen molar-refractivity contribution in [2.75, 3.05) is 75.5 Å². The van der Waals surface area contributed by atoms with Crippen LogP contribution < -0.4 is 24.0 Å². The summed E-state index contributed by atoms with van der Waals surface area (Å²) in [5.41, 5.74) is 4.33. The zero-order chi connectivity index (χ0) is 45.5. The summed E-state index contributed by atoms with van der Waals surface area (Å²) in [4.78, 5) is 39.5. The maximum Gasteiger partial charge on any atom is 0.312 e. The molecule has 2 aromatic heterocycles. The van der Waals surface area contributed by atoms with E-state index in [2.05, 4.69) is 50.5 Å². The number of nitro benzene ring substituents is 1. The number of H-pyrrole nitrogens is 1. The number of aromatic amines is 1. The third-order valence-electron chi connectivity index (χ3n) is 12.8. The maximum atomic E-state index is 15.2. The number of carbonyl (C=O) groups excluding carboxylic acids is 1. The Balaban J connectivity index is 0.976. The van der Waals surface area contributed by atoms with Crippen LogP contribution in [0.1, 0.15) is 61.9 Å². The smallest absolute Gasteiger partial charge is 0.312 e. The minimum atomic E-state index is -4.68. The number of hydrogen-bond donors (Lipinski definition) is 2. The lowest BCUT2D eigenvalue weighted by Crippen LogP contribution is -2.47. The van der Waals surface area contributed by atoms with Gasteiger partial charge in [-0.3, -0.25) is 19.8 Å². The van der Waals surface area contributed by atoms with Crippen molar-refractivity contribution in [1.82, 2.24) is 19.6 Å². The van der Waals surface area contributed by atoms with Crippen molar-refractivity contribution < 1.29 is 36.7 Å². The average molecular weight is 928 g/mol. The molecule has 9 rings (SSSR count). The van der Waals surface area contributed by atoms with Crippen LogP contribution in [0.3, 0.4) is 0 Å². The molecule has 3 aliphatic heterocycles. The summed E-state index contributed by atoms with van der Waals surface area (Å²) >= 11 is 6.26. The van der Waals surface area contributed by atoms with Crippen LogP contribution in [0.15, 0.2) is 89.5 Å². The number of alkyl halides is 1. The van der Waals surface area contributed by atoms with Crippen molar-refractivity contribution >= 4 is 66.9 Å². The Morgan fingerprint density at radius 2 is 1.80 bits per heavy atom. The van der Waals surface area contributed by atoms with Crippen molar-refractivity contribution in [2.24, 2.45) is 5.41 Å². The van der Waals surface area contributed by atoms with Crippen molar-refractivity contribution in [3.05, 3.63) is 111 Å². The number of benzene rings is 3. The van der Waals surface area contributed by atoms with Gasteiger partial charge in [-0.1, -0.05) is 43.2 Å². The van der Waals surface area contributed by atoms with Gasteiger partial charge < -0.3 is 29.0 Å². The van der Waals surface area contributed by atoms with Crippen LogP contribution >= 0.6 is 11.6 Å². The molecule has 0 saturated carbocycles. The van der Waals surface area contributed by atoms with Crippen LogP contribution in [0.5, 0.6) is 11.6 Å². The SMILES string of the molecule is CC1(C)CCC(CN2CCN(c3ccc(C(=O)NS(=O)(=O)c4ccc(OCC5(F)CCCOC5)c([N+](=O)[O-])c4)c(N4CCOc5nc6[nH]ccc6cc54)c3)CC2)=C(c2ccc(Cl)cc2)C1. The number of piperazine rings is 1. The van der Waals surface area contributed by atoms with E-state index in [4.69, 9.17) is 25.8 Å². The van der Waals surface area contributed by atoms with Gasteiger partial charge in [-0.2, -0.15) is 4.98 Å². The second-order valence-electron chi connectivity index (χ2n) is 18.0. The summed E-state index contributed by atoms with van der Waals surface area (Å²) in [5.74, 6) is -0.900. The molecule has 0 bridgehead atoms. The first-order valence-electron chi connectivity index (χ1n) is 21.9. The molecule has 1 unspecified atom stereocenters. The van der Waals surface area contributed by atoms with E-state index in [-0.39, 0.29) is 36.4 Å². The Morgan fingerprint density at radius 1 is 1.00 bits per heavy atom. The van der Waals surface area contributed by atoms with E-state index in [1.165, 1.54) is 16.7 Å². The molecule has 15 nitrogen and oxygen atoms in total. The number of pyridine rings is 1. The highest BCUT2D eigenvalue weighted by atomic mass is 35.5. The molecule has 5 aromatic rings. The largest absolute Gasteiger partial charge is 0.483 e. The van der Waals surface area contributed by atoms with Crippen molar-refractivity contribution in [3.8, 4) is 11.6 Å². The number of fused-ring (bicyclic) bond motifs is 2. The topological polar surface area (TPSA) is 172 Å². The molecular weight excluding hydrogens is 877 g/mol. The van der Waals surface area contributed by atoms with Gasteiger partial charge in [0.25, 0.3) is 15.9 Å². The molecule has 65 heavy (non-hydrogen) atoms. The predicted molar refractivity (Wildman–Crippen MR) is 247 cm³/mol. The van der Waals surface area contributed by atoms with Crippen LogP contribution in [0, 0.1) is 15.5 Å². The lowest BCUT2D eigenvalue weighted by Gasteiger charge is -2.39. The highest BCUT2D eigenvalue weighted by Gasteiger charge is 2.36. The molecular formula is C47H51ClFN7O8S. The highest BCUT2D eigenvalue weighted by molar-refractivity contribution is 7.90. The molecule has 3 aromatic carbocycles. The highest BCUT2D eigenvalue weighted by Crippen LogP contribution is 2.44. The van der Waals surface area contributed by atoms with Crippen LogP contribution in [0.4, 0.5) is 27.1 Å². The molecule has 2 fully saturated rings. The van der Waals surface area contributed by atoms with Gasteiger partial charge in [0.15, 0.2) is 11.4 Å². The van der Waals surface area contributed by atoms with Gasteiger partial charge >= 0.3 is 5.69 Å². The summed E-state index contributed by atoms with van der Waals surface area (Å²) in [6.07, 6.45) is 5.56. The molecule has 0 spiro atoms. The second kappa shape index (κ2) is 17.9. The molecule has 1 atom stereocenters. The Hall–Kier alpha value is -5.75. The predicted octanol–water partition coefficient (Wildman–Crippen LogP) is 8.46. The van der Waals surface area contributed by atoms with Crippen molar-refractivity contribution in [2.45, 2.75) is 56.5 Å². The number of nitro groups is 1. The van der Waals surface area contributed by atoms with E-state index in [9.17, 15) is 23.3 Å². The van der Waals surface area contributed by atoms with Gasteiger partial charge in [0.2, 0.25) is 5.88 Å². The Kier molecular flexibility index (Phi) is 12.2.